The van der Waals surface area contributed by atoms with Gasteiger partial charge in [0.05, 0.1) is 21.5 Å². The molecule has 0 radical (unpaired) electrons. The van der Waals surface area contributed by atoms with E-state index >= 15 is 0 Å². The molecule has 0 saturated carbocycles. The Morgan fingerprint density at radius 2 is 0.895 bits per heavy atom. The number of aromatic nitrogens is 2. The van der Waals surface area contributed by atoms with Crippen LogP contribution in [0, 0.1) is 10.8 Å². The Hall–Kier alpha value is -4.72. The topological polar surface area (TPSA) is 132 Å². The van der Waals surface area contributed by atoms with Crippen LogP contribution in [0.5, 0.6) is 11.8 Å². The Kier molecular flexibility index (Phi) is 4.13. The summed E-state index contributed by atoms with van der Waals surface area (Å²) < 4.78 is 2.67. The lowest BCUT2D eigenvalue weighted by Gasteiger charge is -2.22. The van der Waals surface area contributed by atoms with Crippen LogP contribution >= 0.6 is 0 Å². The molecule has 5 aromatic carbocycles. The highest BCUT2D eigenvalue weighted by atomic mass is 16.3. The van der Waals surface area contributed by atoms with Crippen LogP contribution in [0.4, 0.5) is 0 Å². The minimum Gasteiger partial charge on any atom is -0.494 e. The fraction of sp³-hybridized carbons (Fsp3) is 0.200. The van der Waals surface area contributed by atoms with Crippen molar-refractivity contribution in [2.24, 2.45) is 0 Å². The molecule has 0 bridgehead atoms. The van der Waals surface area contributed by atoms with E-state index in [0.29, 0.717) is 64.6 Å². The maximum absolute atomic E-state index is 13.5. The van der Waals surface area contributed by atoms with Gasteiger partial charge in [0.1, 0.15) is 0 Å². The van der Waals surface area contributed by atoms with Gasteiger partial charge < -0.3 is 21.0 Å². The summed E-state index contributed by atoms with van der Waals surface area (Å²) in [6.45, 7) is 7.28. The quantitative estimate of drug-likeness (QED) is 0.199. The van der Waals surface area contributed by atoms with Gasteiger partial charge in [-0.2, -0.15) is 0 Å². The van der Waals surface area contributed by atoms with E-state index < -0.39 is 0 Å². The third-order valence-electron chi connectivity index (χ3n) is 7.97. The third-order valence-corrected chi connectivity index (χ3v) is 7.97. The molecule has 7 aromatic rings. The molecular weight excluding hydrogens is 480 g/mol. The van der Waals surface area contributed by atoms with Gasteiger partial charge in [0.15, 0.2) is 0 Å². The van der Waals surface area contributed by atoms with E-state index in [1.165, 1.54) is 9.13 Å². The molecule has 8 heteroatoms. The lowest BCUT2D eigenvalue weighted by molar-refractivity contribution is 0.395. The summed E-state index contributed by atoms with van der Waals surface area (Å²) in [5.74, 6) is -0.262. The van der Waals surface area contributed by atoms with E-state index in [1.807, 2.05) is 39.8 Å². The smallest absolute Gasteiger partial charge is 0.261 e. The molecule has 0 aliphatic carbocycles. The number of fused-ring (bicyclic) bond motifs is 2. The number of aromatic hydroxyl groups is 2. The summed E-state index contributed by atoms with van der Waals surface area (Å²) >= 11 is 0. The molecule has 0 aliphatic rings. The molecule has 4 N–H and O–H groups in total. The highest BCUT2D eigenvalue weighted by molar-refractivity contribution is 6.39. The molecule has 0 atom stereocenters. The Balaban J connectivity index is 1.87. The van der Waals surface area contributed by atoms with Crippen LogP contribution < -0.4 is 21.8 Å². The van der Waals surface area contributed by atoms with Crippen LogP contribution in [0.3, 0.4) is 0 Å². The van der Waals surface area contributed by atoms with Crippen molar-refractivity contribution in [3.05, 3.63) is 67.8 Å². The molecule has 0 saturated heterocycles. The first-order valence-electron chi connectivity index (χ1n) is 12.6. The Morgan fingerprint density at radius 3 is 1.24 bits per heavy atom. The molecule has 0 amide bonds. The molecule has 38 heavy (non-hydrogen) atoms. The average Bonchev–Trinajstić information content (AvgIpc) is 2.85. The predicted octanol–water partition coefficient (Wildman–Crippen LogP) is 4.77. The zero-order valence-electron chi connectivity index (χ0n) is 21.2. The monoisotopic (exact) mass is 504 g/mol. The van der Waals surface area contributed by atoms with E-state index in [2.05, 4.69) is 0 Å². The maximum atomic E-state index is 13.5. The minimum absolute atomic E-state index is 0.131. The fourth-order valence-corrected chi connectivity index (χ4v) is 6.49. The molecular formula is C30H24N4O4. The second-order valence-corrected chi connectivity index (χ2v) is 10.7. The average molecular weight is 505 g/mol. The van der Waals surface area contributed by atoms with E-state index in [1.54, 1.807) is 24.3 Å². The number of pyridine rings is 2. The largest absolute Gasteiger partial charge is 0.494 e. The van der Waals surface area contributed by atoms with Gasteiger partial charge in [-0.25, -0.2) is 0 Å². The summed E-state index contributed by atoms with van der Waals surface area (Å²) in [5, 5.41) is 47.1. The lowest BCUT2D eigenvalue weighted by atomic mass is 9.85. The lowest BCUT2D eigenvalue weighted by Crippen LogP contribution is -2.24. The van der Waals surface area contributed by atoms with Crippen molar-refractivity contribution in [1.29, 1.82) is 10.8 Å². The molecule has 188 valence electrons. The number of nitrogens with zero attached hydrogens (tertiary/aromatic N) is 2. The predicted molar refractivity (Wildman–Crippen MR) is 149 cm³/mol. The van der Waals surface area contributed by atoms with Crippen molar-refractivity contribution >= 4 is 64.6 Å². The Bertz CT molecular complexity index is 2230. The van der Waals surface area contributed by atoms with Crippen molar-refractivity contribution in [2.45, 2.75) is 39.8 Å². The van der Waals surface area contributed by atoms with Crippen LogP contribution in [-0.2, 0) is 0 Å². The van der Waals surface area contributed by atoms with Gasteiger partial charge >= 0.3 is 0 Å². The normalized spacial score (nSPS) is 12.8. The molecule has 8 nitrogen and oxygen atoms in total. The number of rotatable bonds is 2. The first kappa shape index (κ1) is 22.5. The van der Waals surface area contributed by atoms with Crippen molar-refractivity contribution in [3.8, 4) is 11.8 Å². The molecule has 0 spiro atoms. The second kappa shape index (κ2) is 6.98. The summed E-state index contributed by atoms with van der Waals surface area (Å²) in [7, 11) is 0. The van der Waals surface area contributed by atoms with E-state index in [9.17, 15) is 19.8 Å². The van der Waals surface area contributed by atoms with Gasteiger partial charge in [-0.15, -0.1) is 0 Å². The molecule has 2 heterocycles. The first-order valence-corrected chi connectivity index (χ1v) is 12.6. The van der Waals surface area contributed by atoms with E-state index in [0.717, 1.165) is 0 Å². The van der Waals surface area contributed by atoms with Crippen LogP contribution in [0.1, 0.15) is 39.8 Å². The Morgan fingerprint density at radius 1 is 0.553 bits per heavy atom. The summed E-state index contributed by atoms with van der Waals surface area (Å²) in [6.07, 6.45) is 0. The van der Waals surface area contributed by atoms with Crippen molar-refractivity contribution < 1.29 is 10.2 Å². The van der Waals surface area contributed by atoms with Crippen LogP contribution in [-0.4, -0.2) is 19.3 Å². The highest BCUT2D eigenvalue weighted by Gasteiger charge is 2.25. The summed E-state index contributed by atoms with van der Waals surface area (Å²) in [6, 6.07) is 9.66. The van der Waals surface area contributed by atoms with Crippen LogP contribution in [0.25, 0.3) is 64.6 Å². The van der Waals surface area contributed by atoms with Crippen LogP contribution in [0.15, 0.2) is 46.0 Å². The number of hydrogen-bond acceptors (Lipinski definition) is 6. The Labute approximate surface area is 214 Å². The first-order chi connectivity index (χ1) is 18.0. The van der Waals surface area contributed by atoms with Gasteiger partial charge in [0.2, 0.25) is 11.8 Å². The summed E-state index contributed by atoms with van der Waals surface area (Å²) in [4.78, 5) is 27.0. The standard InChI is InChI=1S/C30H24N4O4/c1-11(2)33-27(35)15-7-5-13-24-20(32)10-18-22-16(28(36)34(12(3)4)30(18)38)8-6-14(26(22)24)23-19(31)9-17(29(33)37)21(15)25(13)23/h5-12,31-32,35-36H,1-4H3. The van der Waals surface area contributed by atoms with Crippen LogP contribution in [0.2, 0.25) is 0 Å². The van der Waals surface area contributed by atoms with E-state index in [4.69, 9.17) is 10.8 Å². The SMILES string of the molecule is CC(C)n1c(O)c2ccc3c4c(=N)cc5c(=O)n(C(C)C)c(O)c6ccc(c7c(=N)cc(c1=O)c2c37)c4c65. The molecule has 0 aliphatic heterocycles. The fourth-order valence-electron chi connectivity index (χ4n) is 6.49. The molecule has 0 fully saturated rings. The highest BCUT2D eigenvalue weighted by Crippen LogP contribution is 2.44. The van der Waals surface area contributed by atoms with Crippen molar-refractivity contribution in [2.75, 3.05) is 0 Å². The minimum atomic E-state index is -0.372. The second-order valence-electron chi connectivity index (χ2n) is 10.7. The zero-order chi connectivity index (χ0) is 26.9. The molecule has 0 unspecified atom stereocenters. The van der Waals surface area contributed by atoms with Gasteiger partial charge in [-0.3, -0.25) is 18.7 Å². The summed E-state index contributed by atoms with van der Waals surface area (Å²) in [5.41, 5.74) is -0.744. The van der Waals surface area contributed by atoms with Gasteiger partial charge in [0, 0.05) is 55.2 Å². The van der Waals surface area contributed by atoms with Crippen molar-refractivity contribution in [1.82, 2.24) is 9.13 Å². The number of nitrogens with one attached hydrogen (secondary N) is 2. The van der Waals surface area contributed by atoms with Gasteiger partial charge in [-0.05, 0) is 62.7 Å². The van der Waals surface area contributed by atoms with Gasteiger partial charge in [0.25, 0.3) is 11.1 Å². The number of benzene rings is 5. The number of hydrogen-bond donors (Lipinski definition) is 4. The molecule has 2 aromatic heterocycles. The van der Waals surface area contributed by atoms with E-state index in [-0.39, 0.29) is 45.7 Å². The van der Waals surface area contributed by atoms with Crippen molar-refractivity contribution in [3.63, 3.8) is 0 Å². The third kappa shape index (κ3) is 2.40. The van der Waals surface area contributed by atoms with Gasteiger partial charge in [-0.1, -0.05) is 12.1 Å². The zero-order valence-corrected chi connectivity index (χ0v) is 21.2. The molecule has 7 rings (SSSR count). The maximum Gasteiger partial charge on any atom is 0.261 e.